The molecule has 8 aromatic heterocycles. The highest BCUT2D eigenvalue weighted by Gasteiger charge is 2.24. The van der Waals surface area contributed by atoms with Gasteiger partial charge in [0.25, 0.3) is 23.5 Å². The number of rotatable bonds is 39. The fraction of sp³-hybridized carbons (Fsp3) is 0.321. The van der Waals surface area contributed by atoms with Gasteiger partial charge in [-0.05, 0) is 101 Å². The number of esters is 3. The molecule has 0 radical (unpaired) electrons. The van der Waals surface area contributed by atoms with E-state index in [1.807, 2.05) is 37.3 Å². The normalized spacial score (nSPS) is 11.3. The van der Waals surface area contributed by atoms with Crippen molar-refractivity contribution in [2.24, 2.45) is 30.7 Å². The molecule has 120 heavy (non-hydrogen) atoms. The minimum atomic E-state index is -0.527. The summed E-state index contributed by atoms with van der Waals surface area (Å²) in [5.41, 5.74) is 7.28. The predicted octanol–water partition coefficient (Wildman–Crippen LogP) is 14.6. The molecule has 0 fully saturated rings. The van der Waals surface area contributed by atoms with Crippen molar-refractivity contribution < 1.29 is 43.0 Å². The molecule has 42 heteroatoms. The number of carbonyl (C=O) groups is 3. The summed E-state index contributed by atoms with van der Waals surface area (Å²) in [6.45, 7) is 25.1. The summed E-state index contributed by atoms with van der Waals surface area (Å²) in [5.74, 6) is 1.63. The fourth-order valence-corrected chi connectivity index (χ4v) is 12.6. The van der Waals surface area contributed by atoms with Crippen LogP contribution < -0.4 is 31.5 Å². The third-order valence-corrected chi connectivity index (χ3v) is 19.0. The van der Waals surface area contributed by atoms with Gasteiger partial charge in [-0.3, -0.25) is 10.1 Å². The van der Waals surface area contributed by atoms with Gasteiger partial charge in [0.15, 0.2) is 17.5 Å². The quantitative estimate of drug-likeness (QED) is 0.00454. The van der Waals surface area contributed by atoms with Gasteiger partial charge in [-0.1, -0.05) is 74.5 Å². The molecule has 0 aliphatic carbocycles. The average molecular weight is 1670 g/mol. The average Bonchev–Trinajstić information content (AvgIpc) is 1.25. The molecular weight excluding hydrogens is 1580 g/mol. The first-order valence-corrected chi connectivity index (χ1v) is 38.8. The van der Waals surface area contributed by atoms with Gasteiger partial charge < -0.3 is 55.2 Å². The number of para-hydroxylation sites is 1. The number of nitrogens with one attached hydrogen (secondary N) is 5. The Morgan fingerprint density at radius 3 is 1.44 bits per heavy atom. The molecule has 8 heterocycles. The van der Waals surface area contributed by atoms with Crippen LogP contribution in [0.15, 0.2) is 154 Å². The first-order valence-electron chi connectivity index (χ1n) is 37.1. The summed E-state index contributed by atoms with van der Waals surface area (Å²) < 4.78 is 32.0. The molecule has 0 bridgehead atoms. The number of benzene rings is 3. The second-order valence-corrected chi connectivity index (χ2v) is 28.1. The Bertz CT molecular complexity index is 5660. The second-order valence-electron chi connectivity index (χ2n) is 26.1. The molecule has 0 amide bonds. The minimum absolute atomic E-state index is 0.0397. The van der Waals surface area contributed by atoms with Crippen LogP contribution in [0, 0.1) is 64.9 Å². The largest absolute Gasteiger partial charge is 0.462 e. The van der Waals surface area contributed by atoms with Gasteiger partial charge in [0.05, 0.1) is 67.0 Å². The maximum Gasteiger partial charge on any atom is 0.330 e. The highest BCUT2D eigenvalue weighted by Crippen LogP contribution is 2.39. The van der Waals surface area contributed by atoms with E-state index in [4.69, 9.17) is 23.7 Å². The number of nitro groups is 1. The number of anilines is 6. The molecule has 3 aromatic carbocycles. The molecule has 0 aliphatic rings. The molecular formula is C78H86N30O10S2. The van der Waals surface area contributed by atoms with Crippen LogP contribution >= 0.6 is 22.7 Å². The second kappa shape index (κ2) is 44.4. The Morgan fingerprint density at radius 2 is 0.983 bits per heavy atom. The maximum atomic E-state index is 11.5. The monoisotopic (exact) mass is 1670 g/mol. The zero-order chi connectivity index (χ0) is 86.2. The van der Waals surface area contributed by atoms with E-state index in [2.05, 4.69) is 176 Å². The summed E-state index contributed by atoms with van der Waals surface area (Å²) in [6, 6.07) is 26.1. The Kier molecular flexibility index (Phi) is 33.1. The SMILES string of the molecule is C=CC(=O)OCC(C)Nc1nc(N(C)C)c(C#N)c(C)c1N=Nc1ncn(-c2nc3ccccc3s2)n1.C=CC(=O)OCCCNc1nc(NCCCOC)c(N=Nc2ncn(-c3ccc([N+](=O)[O-])cc3)n2)c(C)c1C#N.C=CC(=O)OCCCNc1nc(NCCCOC)c(N=Nc2ncn(-c3nc4ccc(C(C)C)cc4s3)n2)c(C)c1C#N. The van der Waals surface area contributed by atoms with Crippen molar-refractivity contribution >= 4 is 137 Å². The molecule has 1 atom stereocenters. The molecule has 11 rings (SSSR count). The van der Waals surface area contributed by atoms with Gasteiger partial charge in [-0.25, -0.2) is 44.0 Å². The predicted molar refractivity (Wildman–Crippen MR) is 452 cm³/mol. The standard InChI is InChI=1S/C29H34N10O3S.C25H28N10O5.C24H24N10O2S/c1-6-24(40)42-14-8-12-31-26-21(16-30)19(4)25(27(35-26)32-11-7-13-41-5)36-37-28-33-17-39(38-28)29-34-22-10-9-20(18(2)3)15-23(22)43-29;1-4-21(36)40-14-6-12-27-23-20(15-26)17(2)22(24(30-23)28-11-5-13-39-3)31-32-25-29-16-34(33-25)18-7-9-19(10-8-18)35(37)38;1-6-19(35)36-12-14(2)27-21-20(15(3)16(11-25)22(29-21)33(4)5)30-31-23-26-13-34(32-23)24-28-17-9-7-8-10-18(17)37-24/h6,9-10,15,17-18H,1,7-8,11-14H2,2-5H3,(H2,31,32,35);4,7-10,16H,1,5-6,11-14H2,2-3H3,(H2,27,28,30);6-10,13-14H,1,12H2,2-5H3,(H,27,29). The van der Waals surface area contributed by atoms with Gasteiger partial charge in [-0.2, -0.15) is 40.1 Å². The van der Waals surface area contributed by atoms with Gasteiger partial charge in [0.2, 0.25) is 10.3 Å². The van der Waals surface area contributed by atoms with Crippen molar-refractivity contribution in [1.82, 2.24) is 69.2 Å². The van der Waals surface area contributed by atoms with Crippen LogP contribution in [0.2, 0.25) is 0 Å². The van der Waals surface area contributed by atoms with Crippen LogP contribution in [0.3, 0.4) is 0 Å². The molecule has 0 spiro atoms. The number of carbonyl (C=O) groups excluding carboxylic acids is 3. The highest BCUT2D eigenvalue weighted by atomic mass is 32.1. The van der Waals surface area contributed by atoms with E-state index < -0.39 is 22.8 Å². The molecule has 11 aromatic rings. The Labute approximate surface area is 696 Å². The molecule has 40 nitrogen and oxygen atoms in total. The topological polar surface area (TPSA) is 506 Å². The number of non-ortho nitro benzene ring substituents is 1. The van der Waals surface area contributed by atoms with Crippen LogP contribution in [0.5, 0.6) is 0 Å². The van der Waals surface area contributed by atoms with E-state index in [9.17, 15) is 40.3 Å². The summed E-state index contributed by atoms with van der Waals surface area (Å²) in [5, 5.41) is 96.5. The Balaban J connectivity index is 0.000000205. The van der Waals surface area contributed by atoms with Crippen molar-refractivity contribution in [1.29, 1.82) is 15.8 Å². The van der Waals surface area contributed by atoms with Crippen molar-refractivity contribution in [3.8, 4) is 34.2 Å². The van der Waals surface area contributed by atoms with E-state index in [-0.39, 0.29) is 55.0 Å². The van der Waals surface area contributed by atoms with E-state index >= 15 is 0 Å². The van der Waals surface area contributed by atoms with E-state index in [0.717, 1.165) is 45.1 Å². The molecule has 620 valence electrons. The minimum Gasteiger partial charge on any atom is -0.462 e. The van der Waals surface area contributed by atoms with Crippen molar-refractivity contribution in [2.45, 2.75) is 79.2 Å². The molecule has 5 N–H and O–H groups in total. The van der Waals surface area contributed by atoms with Crippen LogP contribution in [-0.2, 0) is 38.1 Å². The molecule has 1 unspecified atom stereocenters. The number of aromatic nitrogens is 14. The summed E-state index contributed by atoms with van der Waals surface area (Å²) in [4.78, 5) is 81.8. The zero-order valence-corrected chi connectivity index (χ0v) is 69.0. The van der Waals surface area contributed by atoms with Gasteiger partial charge >= 0.3 is 17.9 Å². The molecule has 0 saturated carbocycles. The number of nitrogens with zero attached hydrogens (tertiary/aromatic N) is 25. The third kappa shape index (κ3) is 24.5. The van der Waals surface area contributed by atoms with Gasteiger partial charge in [0.1, 0.15) is 78.3 Å². The van der Waals surface area contributed by atoms with Gasteiger partial charge in [-0.15, -0.1) is 46.0 Å². The number of ether oxygens (including phenoxy) is 5. The lowest BCUT2D eigenvalue weighted by atomic mass is 10.0. The number of nitro benzene ring substituents is 1. The Hall–Kier alpha value is -14.7. The van der Waals surface area contributed by atoms with Crippen LogP contribution in [0.25, 0.3) is 36.4 Å². The van der Waals surface area contributed by atoms with Crippen molar-refractivity contribution in [3.63, 3.8) is 0 Å². The van der Waals surface area contributed by atoms with E-state index in [1.165, 1.54) is 74.5 Å². The summed E-state index contributed by atoms with van der Waals surface area (Å²) in [7, 11) is 6.84. The smallest absolute Gasteiger partial charge is 0.330 e. The summed E-state index contributed by atoms with van der Waals surface area (Å²) in [6.07, 6.45) is 10.2. The highest BCUT2D eigenvalue weighted by molar-refractivity contribution is 7.21. The van der Waals surface area contributed by atoms with Gasteiger partial charge in [0, 0.05) is 115 Å². The van der Waals surface area contributed by atoms with Crippen LogP contribution in [0.1, 0.15) is 91.3 Å². The van der Waals surface area contributed by atoms with Crippen molar-refractivity contribution in [3.05, 3.63) is 173 Å². The number of hydrogen-bond acceptors (Lipinski definition) is 38. The Morgan fingerprint density at radius 1 is 0.550 bits per heavy atom. The molecule has 0 aliphatic heterocycles. The van der Waals surface area contributed by atoms with Crippen molar-refractivity contribution in [2.75, 3.05) is 119 Å². The number of fused-ring (bicyclic) bond motifs is 2. The maximum absolute atomic E-state index is 11.5. The lowest BCUT2D eigenvalue weighted by Crippen LogP contribution is -2.25. The number of azo groups is 3. The number of hydrogen-bond donors (Lipinski definition) is 5. The first kappa shape index (κ1) is 89.3. The lowest BCUT2D eigenvalue weighted by molar-refractivity contribution is -0.384. The number of methoxy groups -OCH3 is 2. The zero-order valence-electron chi connectivity index (χ0n) is 67.4. The fourth-order valence-electron chi connectivity index (χ4n) is 10.7. The number of thiazole rings is 2. The number of pyridine rings is 3. The first-order chi connectivity index (χ1) is 58.0. The third-order valence-electron chi connectivity index (χ3n) is 16.9. The van der Waals surface area contributed by atoms with E-state index in [0.29, 0.717) is 160 Å². The van der Waals surface area contributed by atoms with Crippen LogP contribution in [0.4, 0.5) is 75.5 Å². The molecule has 0 saturated heterocycles. The number of nitriles is 3. The lowest BCUT2D eigenvalue weighted by Gasteiger charge is -2.21. The van der Waals surface area contributed by atoms with E-state index in [1.54, 1.807) is 65.0 Å². The summed E-state index contributed by atoms with van der Waals surface area (Å²) >= 11 is 3.00. The van der Waals surface area contributed by atoms with Crippen LogP contribution in [-0.4, -0.2) is 186 Å².